The van der Waals surface area contributed by atoms with E-state index in [-0.39, 0.29) is 0 Å². The molecule has 2 aromatic rings. The van der Waals surface area contributed by atoms with Gasteiger partial charge in [0, 0.05) is 0 Å². The summed E-state index contributed by atoms with van der Waals surface area (Å²) in [5.41, 5.74) is 1.98. The number of ether oxygens (including phenoxy) is 2. The lowest BCUT2D eigenvalue weighted by atomic mass is 10.1. The van der Waals surface area contributed by atoms with E-state index in [0.29, 0.717) is 17.0 Å². The largest absolute Gasteiger partial charge is 0.495 e. The third-order valence-corrected chi connectivity index (χ3v) is 3.31. The van der Waals surface area contributed by atoms with Crippen LogP contribution >= 0.6 is 0 Å². The lowest BCUT2D eigenvalue weighted by molar-refractivity contribution is -0.123. The standard InChI is InChI=1S/C18H19NO4/c1-12-8-10-14(11-9-12)18(21)23-13(2)17(20)19-15-6-4-5-7-16(15)22-3/h4-11,13H,1-3H3,(H,19,20)/t13-/m1/s1. The van der Waals surface area contributed by atoms with Gasteiger partial charge >= 0.3 is 5.97 Å². The van der Waals surface area contributed by atoms with Crippen molar-refractivity contribution in [3.05, 3.63) is 59.7 Å². The van der Waals surface area contributed by atoms with Gasteiger partial charge in [-0.3, -0.25) is 4.79 Å². The molecule has 0 saturated carbocycles. The number of anilines is 1. The summed E-state index contributed by atoms with van der Waals surface area (Å²) >= 11 is 0. The Kier molecular flexibility index (Phi) is 5.36. The number of nitrogens with one attached hydrogen (secondary N) is 1. The number of esters is 1. The predicted octanol–water partition coefficient (Wildman–Crippen LogP) is 3.19. The Hall–Kier alpha value is -2.82. The van der Waals surface area contributed by atoms with E-state index in [9.17, 15) is 9.59 Å². The van der Waals surface area contributed by atoms with E-state index in [0.717, 1.165) is 5.56 Å². The van der Waals surface area contributed by atoms with Gasteiger partial charge < -0.3 is 14.8 Å². The van der Waals surface area contributed by atoms with E-state index in [1.807, 2.05) is 19.1 Å². The van der Waals surface area contributed by atoms with Crippen molar-refractivity contribution in [1.29, 1.82) is 0 Å². The molecule has 1 amide bonds. The van der Waals surface area contributed by atoms with Crippen LogP contribution in [0.3, 0.4) is 0 Å². The monoisotopic (exact) mass is 313 g/mol. The Balaban J connectivity index is 1.99. The van der Waals surface area contributed by atoms with Gasteiger partial charge in [0.25, 0.3) is 5.91 Å². The molecule has 2 aromatic carbocycles. The number of hydrogen-bond acceptors (Lipinski definition) is 4. The van der Waals surface area contributed by atoms with Crippen LogP contribution in [0, 0.1) is 6.92 Å². The van der Waals surface area contributed by atoms with Crippen molar-refractivity contribution >= 4 is 17.6 Å². The number of hydrogen-bond donors (Lipinski definition) is 1. The number of carbonyl (C=O) groups excluding carboxylic acids is 2. The first-order valence-electron chi connectivity index (χ1n) is 7.23. The molecule has 0 aromatic heterocycles. The Morgan fingerprint density at radius 1 is 1.04 bits per heavy atom. The van der Waals surface area contributed by atoms with E-state index in [2.05, 4.69) is 5.32 Å². The normalized spacial score (nSPS) is 11.4. The highest BCUT2D eigenvalue weighted by Gasteiger charge is 2.20. The number of para-hydroxylation sites is 2. The maximum absolute atomic E-state index is 12.2. The molecule has 0 aliphatic heterocycles. The molecule has 5 nitrogen and oxygen atoms in total. The molecule has 0 aliphatic carbocycles. The zero-order chi connectivity index (χ0) is 16.8. The molecule has 120 valence electrons. The number of methoxy groups -OCH3 is 1. The fraction of sp³-hybridized carbons (Fsp3) is 0.222. The highest BCUT2D eigenvalue weighted by molar-refractivity contribution is 5.98. The molecule has 0 saturated heterocycles. The summed E-state index contributed by atoms with van der Waals surface area (Å²) in [6.45, 7) is 3.45. The first kappa shape index (κ1) is 16.5. The molecule has 0 aliphatic rings. The Morgan fingerprint density at radius 2 is 1.70 bits per heavy atom. The average molecular weight is 313 g/mol. The van der Waals surface area contributed by atoms with Crippen molar-refractivity contribution in [2.75, 3.05) is 12.4 Å². The van der Waals surface area contributed by atoms with Crippen LogP contribution in [0.25, 0.3) is 0 Å². The summed E-state index contributed by atoms with van der Waals surface area (Å²) in [6.07, 6.45) is -0.922. The van der Waals surface area contributed by atoms with Gasteiger partial charge in [0.15, 0.2) is 6.10 Å². The van der Waals surface area contributed by atoms with Gasteiger partial charge in [-0.2, -0.15) is 0 Å². The molecule has 0 spiro atoms. The minimum atomic E-state index is -0.922. The first-order chi connectivity index (χ1) is 11.0. The molecule has 1 atom stereocenters. The summed E-state index contributed by atoms with van der Waals surface area (Å²) in [5.74, 6) is -0.416. The summed E-state index contributed by atoms with van der Waals surface area (Å²) in [4.78, 5) is 24.2. The maximum atomic E-state index is 12.2. The van der Waals surface area contributed by atoms with Crippen LogP contribution in [0.4, 0.5) is 5.69 Å². The van der Waals surface area contributed by atoms with Crippen molar-refractivity contribution in [3.63, 3.8) is 0 Å². The Labute approximate surface area is 135 Å². The zero-order valence-electron chi connectivity index (χ0n) is 13.3. The molecular weight excluding hydrogens is 294 g/mol. The molecule has 0 unspecified atom stereocenters. The van der Waals surface area contributed by atoms with Gasteiger partial charge in [-0.05, 0) is 38.1 Å². The minimum Gasteiger partial charge on any atom is -0.495 e. The van der Waals surface area contributed by atoms with Gasteiger partial charge in [0.05, 0.1) is 18.4 Å². The summed E-state index contributed by atoms with van der Waals surface area (Å²) < 4.78 is 10.4. The van der Waals surface area contributed by atoms with Gasteiger partial charge in [-0.15, -0.1) is 0 Å². The smallest absolute Gasteiger partial charge is 0.338 e. The second kappa shape index (κ2) is 7.45. The van der Waals surface area contributed by atoms with Crippen molar-refractivity contribution in [2.45, 2.75) is 20.0 Å². The first-order valence-corrected chi connectivity index (χ1v) is 7.23. The van der Waals surface area contributed by atoms with E-state index in [4.69, 9.17) is 9.47 Å². The van der Waals surface area contributed by atoms with Crippen LogP contribution in [0.2, 0.25) is 0 Å². The molecule has 0 heterocycles. The number of benzene rings is 2. The van der Waals surface area contributed by atoms with Gasteiger partial charge in [-0.1, -0.05) is 29.8 Å². The molecule has 23 heavy (non-hydrogen) atoms. The highest BCUT2D eigenvalue weighted by Crippen LogP contribution is 2.23. The third kappa shape index (κ3) is 4.32. The Bertz CT molecular complexity index is 694. The summed E-state index contributed by atoms with van der Waals surface area (Å²) in [5, 5.41) is 2.69. The number of amides is 1. The molecule has 2 rings (SSSR count). The van der Waals surface area contributed by atoms with Crippen LogP contribution in [-0.2, 0) is 9.53 Å². The molecule has 0 radical (unpaired) electrons. The summed E-state index contributed by atoms with van der Waals surface area (Å²) in [6, 6.07) is 14.0. The summed E-state index contributed by atoms with van der Waals surface area (Å²) in [7, 11) is 1.52. The lowest BCUT2D eigenvalue weighted by Crippen LogP contribution is -2.30. The molecule has 0 bridgehead atoms. The zero-order valence-corrected chi connectivity index (χ0v) is 13.3. The van der Waals surface area contributed by atoms with Gasteiger partial charge in [-0.25, -0.2) is 4.79 Å². The van der Waals surface area contributed by atoms with E-state index in [1.165, 1.54) is 14.0 Å². The molecule has 5 heteroatoms. The molecule has 1 N–H and O–H groups in total. The third-order valence-electron chi connectivity index (χ3n) is 3.31. The van der Waals surface area contributed by atoms with Crippen molar-refractivity contribution in [1.82, 2.24) is 0 Å². The maximum Gasteiger partial charge on any atom is 0.338 e. The fourth-order valence-electron chi connectivity index (χ4n) is 1.95. The number of rotatable bonds is 5. The number of aryl methyl sites for hydroxylation is 1. The van der Waals surface area contributed by atoms with E-state index >= 15 is 0 Å². The average Bonchev–Trinajstić information content (AvgIpc) is 2.55. The second-order valence-electron chi connectivity index (χ2n) is 5.10. The van der Waals surface area contributed by atoms with Crippen LogP contribution in [0.15, 0.2) is 48.5 Å². The van der Waals surface area contributed by atoms with Crippen LogP contribution in [0.1, 0.15) is 22.8 Å². The van der Waals surface area contributed by atoms with Crippen molar-refractivity contribution in [2.24, 2.45) is 0 Å². The highest BCUT2D eigenvalue weighted by atomic mass is 16.5. The lowest BCUT2D eigenvalue weighted by Gasteiger charge is -2.15. The number of carbonyl (C=O) groups is 2. The van der Waals surface area contributed by atoms with Crippen molar-refractivity contribution < 1.29 is 19.1 Å². The topological polar surface area (TPSA) is 64.6 Å². The van der Waals surface area contributed by atoms with Crippen LogP contribution in [-0.4, -0.2) is 25.1 Å². The predicted molar refractivity (Wildman–Crippen MR) is 87.7 cm³/mol. The quantitative estimate of drug-likeness (QED) is 0.861. The van der Waals surface area contributed by atoms with E-state index in [1.54, 1.807) is 36.4 Å². The minimum absolute atomic E-state index is 0.410. The van der Waals surface area contributed by atoms with Crippen molar-refractivity contribution in [3.8, 4) is 5.75 Å². The molecular formula is C18H19NO4. The fourth-order valence-corrected chi connectivity index (χ4v) is 1.95. The molecule has 0 fully saturated rings. The van der Waals surface area contributed by atoms with Crippen LogP contribution < -0.4 is 10.1 Å². The second-order valence-corrected chi connectivity index (χ2v) is 5.10. The van der Waals surface area contributed by atoms with Gasteiger partial charge in [0.2, 0.25) is 0 Å². The Morgan fingerprint density at radius 3 is 2.35 bits per heavy atom. The van der Waals surface area contributed by atoms with E-state index < -0.39 is 18.0 Å². The van der Waals surface area contributed by atoms with Gasteiger partial charge in [0.1, 0.15) is 5.75 Å². The van der Waals surface area contributed by atoms with Crippen LogP contribution in [0.5, 0.6) is 5.75 Å². The SMILES string of the molecule is COc1ccccc1NC(=O)[C@@H](C)OC(=O)c1ccc(C)cc1.